The maximum absolute atomic E-state index is 12.5. The van der Waals surface area contributed by atoms with Crippen LogP contribution in [-0.4, -0.2) is 20.7 Å². The molecule has 0 bridgehead atoms. The largest absolute Gasteiger partial charge is 0.272 e. The quantitative estimate of drug-likeness (QED) is 0.677. The Bertz CT molecular complexity index is 295. The van der Waals surface area contributed by atoms with Crippen molar-refractivity contribution < 1.29 is 8.78 Å². The molecule has 3 nitrogen and oxygen atoms in total. The molecule has 1 heterocycles. The van der Waals surface area contributed by atoms with Crippen LogP contribution < -0.4 is 0 Å². The van der Waals surface area contributed by atoms with Crippen LogP contribution in [0.5, 0.6) is 0 Å². The molecule has 1 aliphatic carbocycles. The van der Waals surface area contributed by atoms with E-state index in [1.165, 1.54) is 11.0 Å². The summed E-state index contributed by atoms with van der Waals surface area (Å²) in [5.74, 6) is -1.93. The highest BCUT2D eigenvalue weighted by atomic mass is 19.3. The predicted octanol–water partition coefficient (Wildman–Crippen LogP) is 1.42. The first-order valence-electron chi connectivity index (χ1n) is 3.91. The summed E-state index contributed by atoms with van der Waals surface area (Å²) in [6, 6.07) is -0.745. The van der Waals surface area contributed by atoms with Crippen molar-refractivity contribution in [2.24, 2.45) is 0 Å². The molecular weight excluding hydrogens is 164 g/mol. The van der Waals surface area contributed by atoms with Crippen LogP contribution in [-0.2, 0) is 6.42 Å². The summed E-state index contributed by atoms with van der Waals surface area (Å²) in [5.41, 5.74) is 0. The number of aromatic nitrogens is 3. The third-order valence-electron chi connectivity index (χ3n) is 1.98. The number of hydrogen-bond acceptors (Lipinski definition) is 2. The molecule has 0 aliphatic heterocycles. The van der Waals surface area contributed by atoms with E-state index >= 15 is 0 Å². The highest BCUT2D eigenvalue weighted by Gasteiger charge is 2.59. The minimum Gasteiger partial charge on any atom is -0.243 e. The molecule has 0 spiro atoms. The van der Waals surface area contributed by atoms with Gasteiger partial charge in [0.05, 0.1) is 0 Å². The molecule has 0 saturated heterocycles. The SMILES string of the molecule is CCc1ncn(C2CC2(F)F)n1. The molecule has 1 atom stereocenters. The molecule has 66 valence electrons. The second-order valence-corrected chi connectivity index (χ2v) is 2.98. The second kappa shape index (κ2) is 2.24. The molecule has 5 heteroatoms. The Labute approximate surface area is 68.4 Å². The minimum absolute atomic E-state index is 0.0977. The molecule has 1 aromatic heterocycles. The Morgan fingerprint density at radius 1 is 1.75 bits per heavy atom. The summed E-state index contributed by atoms with van der Waals surface area (Å²) in [4.78, 5) is 3.88. The fourth-order valence-electron chi connectivity index (χ4n) is 1.11. The van der Waals surface area contributed by atoms with Gasteiger partial charge in [0, 0.05) is 12.8 Å². The van der Waals surface area contributed by atoms with Crippen LogP contribution in [0.4, 0.5) is 8.78 Å². The Morgan fingerprint density at radius 2 is 2.42 bits per heavy atom. The average Bonchev–Trinajstić information content (AvgIpc) is 2.52. The van der Waals surface area contributed by atoms with E-state index in [-0.39, 0.29) is 6.42 Å². The second-order valence-electron chi connectivity index (χ2n) is 2.98. The molecule has 1 saturated carbocycles. The van der Waals surface area contributed by atoms with Crippen molar-refractivity contribution in [2.75, 3.05) is 0 Å². The lowest BCUT2D eigenvalue weighted by molar-refractivity contribution is 0.0982. The van der Waals surface area contributed by atoms with Gasteiger partial charge in [-0.3, -0.25) is 0 Å². The molecule has 1 aromatic rings. The van der Waals surface area contributed by atoms with E-state index in [0.29, 0.717) is 12.2 Å². The summed E-state index contributed by atoms with van der Waals surface area (Å²) in [6.45, 7) is 1.89. The van der Waals surface area contributed by atoms with Crippen LogP contribution in [0.2, 0.25) is 0 Å². The predicted molar refractivity (Wildman–Crippen MR) is 38.0 cm³/mol. The fraction of sp³-hybridized carbons (Fsp3) is 0.714. The van der Waals surface area contributed by atoms with E-state index in [1.54, 1.807) is 0 Å². The molecule has 12 heavy (non-hydrogen) atoms. The molecule has 1 fully saturated rings. The van der Waals surface area contributed by atoms with E-state index < -0.39 is 12.0 Å². The Morgan fingerprint density at radius 3 is 2.83 bits per heavy atom. The summed E-state index contributed by atoms with van der Waals surface area (Å²) >= 11 is 0. The van der Waals surface area contributed by atoms with Crippen molar-refractivity contribution in [3.05, 3.63) is 12.2 Å². The number of hydrogen-bond donors (Lipinski definition) is 0. The van der Waals surface area contributed by atoms with Crippen molar-refractivity contribution in [2.45, 2.75) is 31.7 Å². The first-order valence-corrected chi connectivity index (χ1v) is 3.91. The number of rotatable bonds is 2. The molecule has 0 N–H and O–H groups in total. The molecular formula is C7H9F2N3. The maximum atomic E-state index is 12.5. The van der Waals surface area contributed by atoms with Gasteiger partial charge in [0.25, 0.3) is 5.92 Å². The van der Waals surface area contributed by atoms with E-state index in [0.717, 1.165) is 0 Å². The molecule has 0 aromatic carbocycles. The zero-order chi connectivity index (χ0) is 8.77. The molecule has 1 aliphatic rings. The van der Waals surface area contributed by atoms with Crippen molar-refractivity contribution in [3.63, 3.8) is 0 Å². The van der Waals surface area contributed by atoms with Crippen molar-refractivity contribution >= 4 is 0 Å². The van der Waals surface area contributed by atoms with Gasteiger partial charge in [-0.25, -0.2) is 18.4 Å². The lowest BCUT2D eigenvalue weighted by Gasteiger charge is -1.95. The third-order valence-corrected chi connectivity index (χ3v) is 1.98. The van der Waals surface area contributed by atoms with E-state index in [1.807, 2.05) is 6.92 Å². The Kier molecular flexibility index (Phi) is 1.43. The molecule has 2 rings (SSSR count). The smallest absolute Gasteiger partial charge is 0.243 e. The lowest BCUT2D eigenvalue weighted by Crippen LogP contribution is -2.03. The van der Waals surface area contributed by atoms with Gasteiger partial charge in [-0.15, -0.1) is 0 Å². The first kappa shape index (κ1) is 7.64. The van der Waals surface area contributed by atoms with Crippen LogP contribution in [0.15, 0.2) is 6.33 Å². The summed E-state index contributed by atoms with van der Waals surface area (Å²) in [6.07, 6.45) is 1.97. The monoisotopic (exact) mass is 173 g/mol. The summed E-state index contributed by atoms with van der Waals surface area (Å²) in [7, 11) is 0. The topological polar surface area (TPSA) is 30.7 Å². The van der Waals surface area contributed by atoms with Crippen LogP contribution in [0.3, 0.4) is 0 Å². The van der Waals surface area contributed by atoms with Gasteiger partial charge in [0.15, 0.2) is 0 Å². The van der Waals surface area contributed by atoms with E-state index in [2.05, 4.69) is 10.1 Å². The van der Waals surface area contributed by atoms with Crippen molar-refractivity contribution in [1.29, 1.82) is 0 Å². The highest BCUT2D eigenvalue weighted by Crippen LogP contribution is 2.51. The lowest BCUT2D eigenvalue weighted by atomic mass is 10.5. The molecule has 1 unspecified atom stereocenters. The van der Waals surface area contributed by atoms with Gasteiger partial charge in [-0.05, 0) is 0 Å². The van der Waals surface area contributed by atoms with Gasteiger partial charge in [-0.1, -0.05) is 6.92 Å². The van der Waals surface area contributed by atoms with Crippen LogP contribution in [0.25, 0.3) is 0 Å². The zero-order valence-corrected chi connectivity index (χ0v) is 6.67. The number of halogens is 2. The van der Waals surface area contributed by atoms with Crippen molar-refractivity contribution in [1.82, 2.24) is 14.8 Å². The standard InChI is InChI=1S/C7H9F2N3/c1-2-6-10-4-12(11-6)5-3-7(5,8)9/h4-5H,2-3H2,1H3. The minimum atomic E-state index is -2.56. The van der Waals surface area contributed by atoms with Gasteiger partial charge < -0.3 is 0 Å². The number of aryl methyl sites for hydroxylation is 1. The van der Waals surface area contributed by atoms with Crippen LogP contribution in [0, 0.1) is 0 Å². The normalized spacial score (nSPS) is 25.8. The van der Waals surface area contributed by atoms with Gasteiger partial charge in [0.1, 0.15) is 18.2 Å². The summed E-state index contributed by atoms with van der Waals surface area (Å²) in [5, 5.41) is 3.91. The van der Waals surface area contributed by atoms with Gasteiger partial charge >= 0.3 is 0 Å². The van der Waals surface area contributed by atoms with Crippen molar-refractivity contribution in [3.8, 4) is 0 Å². The Balaban J connectivity index is 2.15. The van der Waals surface area contributed by atoms with Crippen LogP contribution in [0.1, 0.15) is 25.2 Å². The first-order chi connectivity index (χ1) is 5.63. The Hall–Kier alpha value is -1.00. The van der Waals surface area contributed by atoms with E-state index in [9.17, 15) is 8.78 Å². The summed E-state index contributed by atoms with van der Waals surface area (Å²) < 4.78 is 26.3. The fourth-order valence-corrected chi connectivity index (χ4v) is 1.11. The van der Waals surface area contributed by atoms with Crippen LogP contribution >= 0.6 is 0 Å². The molecule has 0 radical (unpaired) electrons. The van der Waals surface area contributed by atoms with Gasteiger partial charge in [-0.2, -0.15) is 5.10 Å². The number of nitrogens with zero attached hydrogens (tertiary/aromatic N) is 3. The molecule has 0 amide bonds. The van der Waals surface area contributed by atoms with E-state index in [4.69, 9.17) is 0 Å². The highest BCUT2D eigenvalue weighted by molar-refractivity contribution is 5.00. The van der Waals surface area contributed by atoms with Gasteiger partial charge in [0.2, 0.25) is 0 Å². The maximum Gasteiger partial charge on any atom is 0.272 e. The third kappa shape index (κ3) is 1.09. The number of alkyl halides is 2. The zero-order valence-electron chi connectivity index (χ0n) is 6.67. The average molecular weight is 173 g/mol.